The van der Waals surface area contributed by atoms with Crippen LogP contribution in [0.5, 0.6) is 0 Å². The molecule has 2 heterocycles. The maximum absolute atomic E-state index is 13.0. The normalized spacial score (nSPS) is 21.1. The molecule has 144 valence electrons. The summed E-state index contributed by atoms with van der Waals surface area (Å²) in [5.74, 6) is -0.254. The number of thiophene rings is 1. The fourth-order valence-electron chi connectivity index (χ4n) is 3.60. The van der Waals surface area contributed by atoms with Crippen molar-refractivity contribution in [1.29, 1.82) is 0 Å². The standard InChI is InChI=1S/C21H26N2O3S/c1-14-6-8-16(9-7-14)23-19(24)11-10-17(20(23)18-5-4-12-27-18)21(25)22-15(2)13-26-3/h4-9,12,15,17,20H,10-11,13H2,1-3H3,(H,22,25)/t15-,17-,20+/m1/s1. The van der Waals surface area contributed by atoms with E-state index in [0.29, 0.717) is 19.4 Å². The summed E-state index contributed by atoms with van der Waals surface area (Å²) in [5.41, 5.74) is 1.98. The largest absolute Gasteiger partial charge is 0.383 e. The minimum atomic E-state index is -0.290. The molecule has 0 radical (unpaired) electrons. The van der Waals surface area contributed by atoms with Crippen LogP contribution >= 0.6 is 11.3 Å². The minimum absolute atomic E-state index is 0.0254. The highest BCUT2D eigenvalue weighted by Crippen LogP contribution is 2.41. The number of methoxy groups -OCH3 is 1. The highest BCUT2D eigenvalue weighted by atomic mass is 32.1. The lowest BCUT2D eigenvalue weighted by atomic mass is 9.86. The highest BCUT2D eigenvalue weighted by Gasteiger charge is 2.42. The molecule has 0 spiro atoms. The van der Waals surface area contributed by atoms with Crippen LogP contribution in [-0.4, -0.2) is 31.6 Å². The van der Waals surface area contributed by atoms with Crippen LogP contribution in [0.1, 0.15) is 36.2 Å². The van der Waals surface area contributed by atoms with Gasteiger partial charge in [-0.2, -0.15) is 0 Å². The molecule has 0 bridgehead atoms. The molecule has 2 aromatic rings. The number of amides is 2. The smallest absolute Gasteiger partial charge is 0.227 e. The van der Waals surface area contributed by atoms with Gasteiger partial charge in [-0.25, -0.2) is 0 Å². The quantitative estimate of drug-likeness (QED) is 0.824. The number of piperidine rings is 1. The summed E-state index contributed by atoms with van der Waals surface area (Å²) in [4.78, 5) is 28.7. The minimum Gasteiger partial charge on any atom is -0.383 e. The molecule has 5 nitrogen and oxygen atoms in total. The molecule has 6 heteroatoms. The van der Waals surface area contributed by atoms with Crippen LogP contribution in [0, 0.1) is 12.8 Å². The molecular formula is C21H26N2O3S. The second-order valence-corrected chi connectivity index (χ2v) is 8.05. The van der Waals surface area contributed by atoms with E-state index in [2.05, 4.69) is 5.32 Å². The van der Waals surface area contributed by atoms with E-state index in [1.54, 1.807) is 23.3 Å². The second kappa shape index (κ2) is 8.67. The predicted octanol–water partition coefficient (Wildman–Crippen LogP) is 3.69. The molecule has 0 aliphatic carbocycles. The topological polar surface area (TPSA) is 58.6 Å². The highest BCUT2D eigenvalue weighted by molar-refractivity contribution is 7.10. The Morgan fingerprint density at radius 3 is 2.70 bits per heavy atom. The van der Waals surface area contributed by atoms with Gasteiger partial charge in [0.25, 0.3) is 0 Å². The van der Waals surface area contributed by atoms with Gasteiger partial charge in [-0.05, 0) is 43.8 Å². The van der Waals surface area contributed by atoms with Gasteiger partial charge in [0.1, 0.15) is 0 Å². The number of hydrogen-bond acceptors (Lipinski definition) is 4. The van der Waals surface area contributed by atoms with Crippen LogP contribution in [0.3, 0.4) is 0 Å². The molecule has 1 aromatic heterocycles. The van der Waals surface area contributed by atoms with Gasteiger partial charge in [-0.1, -0.05) is 23.8 Å². The molecular weight excluding hydrogens is 360 g/mol. The number of anilines is 1. The van der Waals surface area contributed by atoms with E-state index in [1.165, 1.54) is 0 Å². The first-order valence-corrected chi connectivity index (χ1v) is 10.1. The Labute approximate surface area is 164 Å². The second-order valence-electron chi connectivity index (χ2n) is 7.07. The zero-order valence-electron chi connectivity index (χ0n) is 16.0. The van der Waals surface area contributed by atoms with Crippen LogP contribution in [0.15, 0.2) is 41.8 Å². The number of nitrogens with one attached hydrogen (secondary N) is 1. The molecule has 1 saturated heterocycles. The van der Waals surface area contributed by atoms with Crippen molar-refractivity contribution in [2.45, 2.75) is 38.8 Å². The van der Waals surface area contributed by atoms with Gasteiger partial charge < -0.3 is 15.0 Å². The molecule has 27 heavy (non-hydrogen) atoms. The van der Waals surface area contributed by atoms with Gasteiger partial charge in [0.2, 0.25) is 11.8 Å². The Kier molecular flexibility index (Phi) is 6.29. The molecule has 0 saturated carbocycles. The number of benzene rings is 1. The summed E-state index contributed by atoms with van der Waals surface area (Å²) >= 11 is 1.58. The maximum atomic E-state index is 13.0. The number of carbonyl (C=O) groups is 2. The van der Waals surface area contributed by atoms with E-state index < -0.39 is 0 Å². The monoisotopic (exact) mass is 386 g/mol. The van der Waals surface area contributed by atoms with Crippen LogP contribution in [-0.2, 0) is 14.3 Å². The lowest BCUT2D eigenvalue weighted by molar-refractivity contribution is -0.130. The molecule has 1 aliphatic rings. The van der Waals surface area contributed by atoms with E-state index >= 15 is 0 Å². The Balaban J connectivity index is 1.94. The van der Waals surface area contributed by atoms with Gasteiger partial charge in [0, 0.05) is 30.1 Å². The number of aryl methyl sites for hydroxylation is 1. The first kappa shape index (κ1) is 19.6. The third kappa shape index (κ3) is 4.39. The van der Waals surface area contributed by atoms with E-state index in [1.807, 2.05) is 55.6 Å². The number of nitrogens with zero attached hydrogens (tertiary/aromatic N) is 1. The van der Waals surface area contributed by atoms with Gasteiger partial charge in [-0.15, -0.1) is 11.3 Å². The lowest BCUT2D eigenvalue weighted by Crippen LogP contribution is -2.50. The first-order valence-electron chi connectivity index (χ1n) is 9.22. The van der Waals surface area contributed by atoms with Crippen molar-refractivity contribution in [3.05, 3.63) is 52.2 Å². The summed E-state index contributed by atoms with van der Waals surface area (Å²) in [5, 5.41) is 5.03. The van der Waals surface area contributed by atoms with Crippen molar-refractivity contribution in [2.24, 2.45) is 5.92 Å². The lowest BCUT2D eigenvalue weighted by Gasteiger charge is -2.40. The van der Waals surface area contributed by atoms with Gasteiger partial charge in [0.05, 0.1) is 18.6 Å². The van der Waals surface area contributed by atoms with Crippen LogP contribution in [0.25, 0.3) is 0 Å². The number of rotatable bonds is 6. The van der Waals surface area contributed by atoms with Gasteiger partial charge in [-0.3, -0.25) is 9.59 Å². The zero-order valence-corrected chi connectivity index (χ0v) is 16.8. The number of hydrogen-bond donors (Lipinski definition) is 1. The third-order valence-corrected chi connectivity index (χ3v) is 5.83. The average molecular weight is 387 g/mol. The summed E-state index contributed by atoms with van der Waals surface area (Å²) in [7, 11) is 1.62. The fraction of sp³-hybridized carbons (Fsp3) is 0.429. The van der Waals surface area contributed by atoms with E-state index in [9.17, 15) is 9.59 Å². The summed E-state index contributed by atoms with van der Waals surface area (Å²) < 4.78 is 5.13. The van der Waals surface area contributed by atoms with Crippen LogP contribution in [0.4, 0.5) is 5.69 Å². The summed E-state index contributed by atoms with van der Waals surface area (Å²) in [6.07, 6.45) is 0.918. The molecule has 2 amide bonds. The average Bonchev–Trinajstić information content (AvgIpc) is 3.16. The third-order valence-electron chi connectivity index (χ3n) is 4.89. The Morgan fingerprint density at radius 2 is 2.07 bits per heavy atom. The number of ether oxygens (including phenoxy) is 1. The summed E-state index contributed by atoms with van der Waals surface area (Å²) in [6.45, 7) is 4.40. The molecule has 1 fully saturated rings. The molecule has 0 unspecified atom stereocenters. The van der Waals surface area contributed by atoms with Crippen molar-refractivity contribution < 1.29 is 14.3 Å². The molecule has 1 aromatic carbocycles. The van der Waals surface area contributed by atoms with Crippen molar-refractivity contribution >= 4 is 28.8 Å². The number of carbonyl (C=O) groups excluding carboxylic acids is 2. The van der Waals surface area contributed by atoms with Crippen LogP contribution < -0.4 is 10.2 Å². The summed E-state index contributed by atoms with van der Waals surface area (Å²) in [6, 6.07) is 11.5. The zero-order chi connectivity index (χ0) is 19.4. The van der Waals surface area contributed by atoms with Gasteiger partial charge in [0.15, 0.2) is 0 Å². The Hall–Kier alpha value is -2.18. The van der Waals surface area contributed by atoms with E-state index in [4.69, 9.17) is 4.74 Å². The fourth-order valence-corrected chi connectivity index (χ4v) is 4.48. The molecule has 1 N–H and O–H groups in total. The molecule has 1 aliphatic heterocycles. The van der Waals surface area contributed by atoms with Crippen molar-refractivity contribution in [3.8, 4) is 0 Å². The van der Waals surface area contributed by atoms with Crippen LogP contribution in [0.2, 0.25) is 0 Å². The van der Waals surface area contributed by atoms with E-state index in [-0.39, 0.29) is 29.8 Å². The van der Waals surface area contributed by atoms with E-state index in [0.717, 1.165) is 16.1 Å². The molecule has 3 rings (SSSR count). The molecule has 3 atom stereocenters. The Morgan fingerprint density at radius 1 is 1.33 bits per heavy atom. The van der Waals surface area contributed by atoms with Crippen molar-refractivity contribution in [1.82, 2.24) is 5.32 Å². The first-order chi connectivity index (χ1) is 13.0. The predicted molar refractivity (Wildman–Crippen MR) is 108 cm³/mol. The Bertz CT molecular complexity index is 773. The van der Waals surface area contributed by atoms with Crippen molar-refractivity contribution in [3.63, 3.8) is 0 Å². The van der Waals surface area contributed by atoms with Crippen molar-refractivity contribution in [2.75, 3.05) is 18.6 Å². The maximum Gasteiger partial charge on any atom is 0.227 e. The SMILES string of the molecule is COC[C@@H](C)NC(=O)[C@@H]1CCC(=O)N(c2ccc(C)cc2)[C@@H]1c1cccs1. The van der Waals surface area contributed by atoms with Gasteiger partial charge >= 0.3 is 0 Å².